The fourth-order valence-corrected chi connectivity index (χ4v) is 2.10. The predicted molar refractivity (Wildman–Crippen MR) is 78.8 cm³/mol. The quantitative estimate of drug-likeness (QED) is 0.887. The van der Waals surface area contributed by atoms with Crippen molar-refractivity contribution in [1.82, 2.24) is 5.32 Å². The van der Waals surface area contributed by atoms with Crippen LogP contribution in [0.3, 0.4) is 0 Å². The molecule has 1 aromatic rings. The van der Waals surface area contributed by atoms with E-state index >= 15 is 0 Å². The normalized spacial score (nSPS) is 11.3. The third-order valence-corrected chi connectivity index (χ3v) is 3.91. The van der Waals surface area contributed by atoms with E-state index in [9.17, 15) is 13.2 Å². The molecule has 1 amide bonds. The minimum atomic E-state index is -3.38. The number of hydrogen-bond acceptors (Lipinski definition) is 4. The number of ether oxygens (including phenoxy) is 1. The van der Waals surface area contributed by atoms with Crippen LogP contribution in [0.4, 0.5) is 5.69 Å². The summed E-state index contributed by atoms with van der Waals surface area (Å²) < 4.78 is 29.3. The van der Waals surface area contributed by atoms with Crippen molar-refractivity contribution in [2.45, 2.75) is 19.9 Å². The van der Waals surface area contributed by atoms with Crippen LogP contribution in [0.2, 0.25) is 0 Å². The summed E-state index contributed by atoms with van der Waals surface area (Å²) in [5, 5.41) is 2.75. The van der Waals surface area contributed by atoms with Crippen LogP contribution in [-0.2, 0) is 10.0 Å². The molecule has 0 fully saturated rings. The van der Waals surface area contributed by atoms with Crippen molar-refractivity contribution in [2.75, 3.05) is 24.7 Å². The summed E-state index contributed by atoms with van der Waals surface area (Å²) in [7, 11) is -0.489. The molecule has 0 saturated carbocycles. The Morgan fingerprint density at radius 3 is 2.40 bits per heavy atom. The molecule has 0 aromatic heterocycles. The molecule has 0 atom stereocenters. The lowest BCUT2D eigenvalue weighted by Crippen LogP contribution is -2.31. The Bertz CT molecular complexity index is 596. The van der Waals surface area contributed by atoms with Crippen LogP contribution < -0.4 is 14.4 Å². The highest BCUT2D eigenvalue weighted by molar-refractivity contribution is 7.92. The van der Waals surface area contributed by atoms with Crippen molar-refractivity contribution >= 4 is 21.6 Å². The molecule has 0 spiro atoms. The first-order chi connectivity index (χ1) is 9.16. The molecule has 0 unspecified atom stereocenters. The van der Waals surface area contributed by atoms with E-state index in [1.807, 2.05) is 13.8 Å². The summed E-state index contributed by atoms with van der Waals surface area (Å²) >= 11 is 0. The lowest BCUT2D eigenvalue weighted by atomic mass is 10.1. The van der Waals surface area contributed by atoms with Crippen molar-refractivity contribution in [3.63, 3.8) is 0 Å². The molecule has 0 aliphatic rings. The van der Waals surface area contributed by atoms with Gasteiger partial charge in [0.1, 0.15) is 5.75 Å². The number of benzene rings is 1. The van der Waals surface area contributed by atoms with E-state index in [0.717, 1.165) is 10.6 Å². The minimum absolute atomic E-state index is 0.0245. The number of carbonyl (C=O) groups is 1. The highest BCUT2D eigenvalue weighted by Crippen LogP contribution is 2.25. The first-order valence-electron chi connectivity index (χ1n) is 6.09. The lowest BCUT2D eigenvalue weighted by molar-refractivity contribution is 0.0940. The largest absolute Gasteiger partial charge is 0.496 e. The van der Waals surface area contributed by atoms with Gasteiger partial charge < -0.3 is 10.1 Å². The second-order valence-corrected chi connectivity index (χ2v) is 6.76. The Kier molecular flexibility index (Phi) is 4.99. The Balaban J connectivity index is 3.25. The maximum atomic E-state index is 12.1. The van der Waals surface area contributed by atoms with Crippen LogP contribution >= 0.6 is 0 Å². The second-order valence-electron chi connectivity index (χ2n) is 4.74. The zero-order chi connectivity index (χ0) is 15.5. The molecule has 1 N–H and O–H groups in total. The van der Waals surface area contributed by atoms with Gasteiger partial charge >= 0.3 is 0 Å². The Hall–Kier alpha value is -1.76. The molecule has 6 nitrogen and oxygen atoms in total. The van der Waals surface area contributed by atoms with Crippen LogP contribution in [0.15, 0.2) is 18.2 Å². The van der Waals surface area contributed by atoms with Crippen molar-refractivity contribution < 1.29 is 17.9 Å². The molecule has 0 radical (unpaired) electrons. The Labute approximate surface area is 119 Å². The zero-order valence-electron chi connectivity index (χ0n) is 12.3. The van der Waals surface area contributed by atoms with Gasteiger partial charge in [0.15, 0.2) is 0 Å². The summed E-state index contributed by atoms with van der Waals surface area (Å²) in [6.07, 6.45) is 1.10. The van der Waals surface area contributed by atoms with E-state index in [4.69, 9.17) is 4.74 Å². The topological polar surface area (TPSA) is 75.7 Å². The van der Waals surface area contributed by atoms with E-state index in [1.165, 1.54) is 20.2 Å². The van der Waals surface area contributed by atoms with Crippen molar-refractivity contribution in [1.29, 1.82) is 0 Å². The maximum Gasteiger partial charge on any atom is 0.255 e. The first kappa shape index (κ1) is 16.3. The zero-order valence-corrected chi connectivity index (χ0v) is 13.1. The van der Waals surface area contributed by atoms with Gasteiger partial charge in [0.05, 0.1) is 24.6 Å². The van der Waals surface area contributed by atoms with E-state index in [-0.39, 0.29) is 11.9 Å². The third-order valence-electron chi connectivity index (χ3n) is 2.71. The van der Waals surface area contributed by atoms with Crippen molar-refractivity contribution in [3.8, 4) is 5.75 Å². The van der Waals surface area contributed by atoms with E-state index in [1.54, 1.807) is 12.1 Å². The summed E-state index contributed by atoms with van der Waals surface area (Å²) in [6, 6.07) is 4.64. The number of nitrogens with zero attached hydrogens (tertiary/aromatic N) is 1. The molecule has 0 aliphatic heterocycles. The average molecular weight is 300 g/mol. The summed E-state index contributed by atoms with van der Waals surface area (Å²) in [5.41, 5.74) is 0.705. The molecule has 0 saturated heterocycles. The smallest absolute Gasteiger partial charge is 0.255 e. The van der Waals surface area contributed by atoms with Crippen LogP contribution in [0.5, 0.6) is 5.75 Å². The van der Waals surface area contributed by atoms with Gasteiger partial charge in [0.2, 0.25) is 10.0 Å². The predicted octanol–water partition coefficient (Wildman–Crippen LogP) is 1.23. The number of carbonyl (C=O) groups excluding carboxylic acids is 1. The Morgan fingerprint density at radius 1 is 1.35 bits per heavy atom. The molecule has 0 heterocycles. The van der Waals surface area contributed by atoms with Gasteiger partial charge in [0, 0.05) is 13.1 Å². The van der Waals surface area contributed by atoms with Crippen molar-refractivity contribution in [3.05, 3.63) is 23.8 Å². The number of nitrogens with one attached hydrogen (secondary N) is 1. The Morgan fingerprint density at radius 2 is 1.95 bits per heavy atom. The van der Waals surface area contributed by atoms with Gasteiger partial charge in [-0.05, 0) is 32.0 Å². The number of hydrogen-bond donors (Lipinski definition) is 1. The van der Waals surface area contributed by atoms with Crippen molar-refractivity contribution in [2.24, 2.45) is 0 Å². The van der Waals surface area contributed by atoms with E-state index in [0.29, 0.717) is 17.0 Å². The lowest BCUT2D eigenvalue weighted by Gasteiger charge is -2.19. The molecule has 1 rings (SSSR count). The van der Waals surface area contributed by atoms with Gasteiger partial charge in [-0.15, -0.1) is 0 Å². The summed E-state index contributed by atoms with van der Waals surface area (Å²) in [5.74, 6) is 0.0920. The molecule has 7 heteroatoms. The number of rotatable bonds is 5. The fraction of sp³-hybridized carbons (Fsp3) is 0.462. The second kappa shape index (κ2) is 6.13. The fourth-order valence-electron chi connectivity index (χ4n) is 1.60. The van der Waals surface area contributed by atoms with Gasteiger partial charge in [-0.2, -0.15) is 0 Å². The van der Waals surface area contributed by atoms with E-state index in [2.05, 4.69) is 5.32 Å². The molecule has 0 bridgehead atoms. The molecule has 0 aliphatic carbocycles. The van der Waals surface area contributed by atoms with Gasteiger partial charge in [-0.1, -0.05) is 0 Å². The van der Waals surface area contributed by atoms with Crippen LogP contribution in [-0.4, -0.2) is 40.8 Å². The molecule has 112 valence electrons. The van der Waals surface area contributed by atoms with Crippen LogP contribution in [0.1, 0.15) is 24.2 Å². The number of amides is 1. The minimum Gasteiger partial charge on any atom is -0.496 e. The maximum absolute atomic E-state index is 12.1. The van der Waals surface area contributed by atoms with Gasteiger partial charge in [0.25, 0.3) is 5.91 Å². The number of anilines is 1. The van der Waals surface area contributed by atoms with Crippen LogP contribution in [0, 0.1) is 0 Å². The summed E-state index contributed by atoms with van der Waals surface area (Å²) in [4.78, 5) is 12.1. The third kappa shape index (κ3) is 3.86. The summed E-state index contributed by atoms with van der Waals surface area (Å²) in [6.45, 7) is 3.69. The van der Waals surface area contributed by atoms with E-state index < -0.39 is 10.0 Å². The highest BCUT2D eigenvalue weighted by Gasteiger charge is 2.18. The first-order valence-corrected chi connectivity index (χ1v) is 7.94. The number of sulfonamides is 1. The standard InChI is InChI=1S/C13H20N2O4S/c1-9(2)14-13(16)11-8-10(6-7-12(11)19-4)15(3)20(5,17)18/h6-9H,1-5H3,(H,14,16). The average Bonchev–Trinajstić information content (AvgIpc) is 2.35. The SMILES string of the molecule is COc1ccc(N(C)S(C)(=O)=O)cc1C(=O)NC(C)C. The van der Waals surface area contributed by atoms with Gasteiger partial charge in [-0.3, -0.25) is 9.10 Å². The molecule has 1 aromatic carbocycles. The number of methoxy groups -OCH3 is 1. The monoisotopic (exact) mass is 300 g/mol. The molecular weight excluding hydrogens is 280 g/mol. The molecular formula is C13H20N2O4S. The molecule has 20 heavy (non-hydrogen) atoms. The highest BCUT2D eigenvalue weighted by atomic mass is 32.2. The van der Waals surface area contributed by atoms with Gasteiger partial charge in [-0.25, -0.2) is 8.42 Å². The van der Waals surface area contributed by atoms with Crippen LogP contribution in [0.25, 0.3) is 0 Å².